The van der Waals surface area contributed by atoms with Crippen molar-refractivity contribution in [3.05, 3.63) is 0 Å². The van der Waals surface area contributed by atoms with Crippen LogP contribution in [0.1, 0.15) is 38.5 Å². The summed E-state index contributed by atoms with van der Waals surface area (Å²) in [7, 11) is 0. The van der Waals surface area contributed by atoms with Crippen LogP contribution in [0.15, 0.2) is 0 Å². The van der Waals surface area contributed by atoms with E-state index in [0.29, 0.717) is 0 Å². The lowest BCUT2D eigenvalue weighted by Crippen LogP contribution is -2.51. The van der Waals surface area contributed by atoms with Gasteiger partial charge in [0.05, 0.1) is 0 Å². The van der Waals surface area contributed by atoms with Crippen molar-refractivity contribution in [3.8, 4) is 0 Å². The Balaban J connectivity index is 1.51. The molecule has 17 heavy (non-hydrogen) atoms. The SMILES string of the molecule is NCCN1CC(CC2CC2)CC(NC2CC2)C1. The van der Waals surface area contributed by atoms with E-state index >= 15 is 0 Å². The van der Waals surface area contributed by atoms with E-state index in [0.717, 1.165) is 37.0 Å². The summed E-state index contributed by atoms with van der Waals surface area (Å²) in [5, 5.41) is 3.82. The van der Waals surface area contributed by atoms with Crippen LogP contribution in [-0.2, 0) is 0 Å². The summed E-state index contributed by atoms with van der Waals surface area (Å²) < 4.78 is 0. The molecule has 0 bridgehead atoms. The molecule has 3 heteroatoms. The molecule has 0 amide bonds. The summed E-state index contributed by atoms with van der Waals surface area (Å²) in [6, 6.07) is 1.59. The second kappa shape index (κ2) is 5.25. The van der Waals surface area contributed by atoms with E-state index in [1.807, 2.05) is 0 Å². The summed E-state index contributed by atoms with van der Waals surface area (Å²) in [5.74, 6) is 2.00. The monoisotopic (exact) mass is 237 g/mol. The maximum atomic E-state index is 5.72. The molecule has 3 rings (SSSR count). The molecule has 2 saturated carbocycles. The van der Waals surface area contributed by atoms with Crippen LogP contribution in [0.3, 0.4) is 0 Å². The Morgan fingerprint density at radius 2 is 1.82 bits per heavy atom. The van der Waals surface area contributed by atoms with E-state index in [4.69, 9.17) is 5.73 Å². The number of hydrogen-bond acceptors (Lipinski definition) is 3. The minimum absolute atomic E-state index is 0.742. The minimum atomic E-state index is 0.742. The summed E-state index contributed by atoms with van der Waals surface area (Å²) in [6.45, 7) is 4.43. The Labute approximate surface area is 105 Å². The number of hydrogen-bond donors (Lipinski definition) is 2. The second-order valence-corrected chi connectivity index (χ2v) is 6.47. The zero-order valence-corrected chi connectivity index (χ0v) is 10.9. The van der Waals surface area contributed by atoms with Gasteiger partial charge in [0.1, 0.15) is 0 Å². The molecule has 1 saturated heterocycles. The normalized spacial score (nSPS) is 35.1. The predicted octanol–water partition coefficient (Wildman–Crippen LogP) is 1.19. The molecule has 1 heterocycles. The van der Waals surface area contributed by atoms with Crippen LogP contribution in [0.5, 0.6) is 0 Å². The minimum Gasteiger partial charge on any atom is -0.329 e. The second-order valence-electron chi connectivity index (χ2n) is 6.47. The van der Waals surface area contributed by atoms with Crippen LogP contribution in [0.25, 0.3) is 0 Å². The van der Waals surface area contributed by atoms with Crippen LogP contribution in [0.2, 0.25) is 0 Å². The van der Waals surface area contributed by atoms with Crippen LogP contribution in [-0.4, -0.2) is 43.2 Å². The molecular formula is C14H27N3. The Morgan fingerprint density at radius 1 is 1.00 bits per heavy atom. The lowest BCUT2D eigenvalue weighted by Gasteiger charge is -2.38. The quantitative estimate of drug-likeness (QED) is 0.729. The zero-order valence-electron chi connectivity index (χ0n) is 10.9. The van der Waals surface area contributed by atoms with Crippen molar-refractivity contribution in [1.82, 2.24) is 10.2 Å². The zero-order chi connectivity index (χ0) is 11.7. The molecule has 3 nitrogen and oxygen atoms in total. The highest BCUT2D eigenvalue weighted by molar-refractivity contribution is 4.91. The molecule has 3 aliphatic rings. The summed E-state index contributed by atoms with van der Waals surface area (Å²) >= 11 is 0. The van der Waals surface area contributed by atoms with E-state index in [-0.39, 0.29) is 0 Å². The number of likely N-dealkylation sites (tertiary alicyclic amines) is 1. The van der Waals surface area contributed by atoms with Gasteiger partial charge in [-0.1, -0.05) is 12.8 Å². The first-order valence-corrected chi connectivity index (χ1v) is 7.52. The molecule has 2 unspecified atom stereocenters. The molecule has 0 aromatic rings. The molecular weight excluding hydrogens is 210 g/mol. The maximum Gasteiger partial charge on any atom is 0.0200 e. The van der Waals surface area contributed by atoms with Crippen LogP contribution < -0.4 is 11.1 Å². The van der Waals surface area contributed by atoms with Gasteiger partial charge in [-0.25, -0.2) is 0 Å². The van der Waals surface area contributed by atoms with Gasteiger partial charge in [0.25, 0.3) is 0 Å². The summed E-state index contributed by atoms with van der Waals surface area (Å²) in [5.41, 5.74) is 5.72. The van der Waals surface area contributed by atoms with Gasteiger partial charge in [-0.15, -0.1) is 0 Å². The van der Waals surface area contributed by atoms with Gasteiger partial charge in [-0.2, -0.15) is 0 Å². The fourth-order valence-electron chi connectivity index (χ4n) is 3.37. The average Bonchev–Trinajstić information content (AvgIpc) is 3.14. The van der Waals surface area contributed by atoms with Crippen LogP contribution in [0.4, 0.5) is 0 Å². The molecule has 2 aliphatic carbocycles. The molecule has 0 spiro atoms. The first-order chi connectivity index (χ1) is 8.33. The van der Waals surface area contributed by atoms with Gasteiger partial charge in [-0.05, 0) is 37.5 Å². The van der Waals surface area contributed by atoms with E-state index in [2.05, 4.69) is 10.2 Å². The van der Waals surface area contributed by atoms with Crippen LogP contribution >= 0.6 is 0 Å². The van der Waals surface area contributed by atoms with E-state index in [1.54, 1.807) is 0 Å². The van der Waals surface area contributed by atoms with Crippen molar-refractivity contribution < 1.29 is 0 Å². The first-order valence-electron chi connectivity index (χ1n) is 7.52. The predicted molar refractivity (Wildman–Crippen MR) is 70.9 cm³/mol. The lowest BCUT2D eigenvalue weighted by atomic mass is 9.89. The third-order valence-electron chi connectivity index (χ3n) is 4.47. The highest BCUT2D eigenvalue weighted by Gasteiger charge is 2.34. The molecule has 0 aromatic carbocycles. The first kappa shape index (κ1) is 11.9. The fraction of sp³-hybridized carbons (Fsp3) is 1.00. The maximum absolute atomic E-state index is 5.72. The Kier molecular flexibility index (Phi) is 3.69. The number of piperidine rings is 1. The Morgan fingerprint density at radius 3 is 2.47 bits per heavy atom. The van der Waals surface area contributed by atoms with Gasteiger partial charge < -0.3 is 16.0 Å². The standard InChI is InChI=1S/C14H27N3/c15-5-6-17-9-12(7-11-1-2-11)8-14(10-17)16-13-3-4-13/h11-14,16H,1-10,15H2. The van der Waals surface area contributed by atoms with Gasteiger partial charge in [-0.3, -0.25) is 0 Å². The highest BCUT2D eigenvalue weighted by atomic mass is 15.2. The third kappa shape index (κ3) is 3.67. The molecule has 2 atom stereocenters. The lowest BCUT2D eigenvalue weighted by molar-refractivity contribution is 0.135. The van der Waals surface area contributed by atoms with Crippen molar-refractivity contribution >= 4 is 0 Å². The highest BCUT2D eigenvalue weighted by Crippen LogP contribution is 2.38. The number of nitrogens with two attached hydrogens (primary N) is 1. The molecule has 0 radical (unpaired) electrons. The van der Waals surface area contributed by atoms with Crippen molar-refractivity contribution in [1.29, 1.82) is 0 Å². The van der Waals surface area contributed by atoms with Gasteiger partial charge in [0.15, 0.2) is 0 Å². The van der Waals surface area contributed by atoms with Crippen molar-refractivity contribution in [2.45, 2.75) is 50.6 Å². The molecule has 0 aromatic heterocycles. The van der Waals surface area contributed by atoms with Crippen molar-refractivity contribution in [2.75, 3.05) is 26.2 Å². The molecule has 98 valence electrons. The topological polar surface area (TPSA) is 41.3 Å². The third-order valence-corrected chi connectivity index (χ3v) is 4.47. The van der Waals surface area contributed by atoms with Gasteiger partial charge >= 0.3 is 0 Å². The average molecular weight is 237 g/mol. The Bertz CT molecular complexity index is 226. The number of nitrogens with zero attached hydrogens (tertiary/aromatic N) is 1. The van der Waals surface area contributed by atoms with Gasteiger partial charge in [0, 0.05) is 38.3 Å². The molecule has 3 fully saturated rings. The molecule has 3 N–H and O–H groups in total. The summed E-state index contributed by atoms with van der Waals surface area (Å²) in [4.78, 5) is 2.59. The molecule has 1 aliphatic heterocycles. The fourth-order valence-corrected chi connectivity index (χ4v) is 3.37. The van der Waals surface area contributed by atoms with E-state index in [1.165, 1.54) is 51.6 Å². The largest absolute Gasteiger partial charge is 0.329 e. The Hall–Kier alpha value is -0.120. The van der Waals surface area contributed by atoms with Crippen molar-refractivity contribution in [3.63, 3.8) is 0 Å². The van der Waals surface area contributed by atoms with Crippen LogP contribution in [0, 0.1) is 11.8 Å². The smallest absolute Gasteiger partial charge is 0.0200 e. The number of nitrogens with one attached hydrogen (secondary N) is 1. The number of rotatable bonds is 6. The van der Waals surface area contributed by atoms with Gasteiger partial charge in [0.2, 0.25) is 0 Å². The van der Waals surface area contributed by atoms with Crippen molar-refractivity contribution in [2.24, 2.45) is 17.6 Å². The van der Waals surface area contributed by atoms with E-state index < -0.39 is 0 Å². The summed E-state index contributed by atoms with van der Waals surface area (Å²) in [6.07, 6.45) is 8.68. The van der Waals surface area contributed by atoms with E-state index in [9.17, 15) is 0 Å².